The molecule has 0 radical (unpaired) electrons. The van der Waals surface area contributed by atoms with Gasteiger partial charge in [0, 0.05) is 29.1 Å². The van der Waals surface area contributed by atoms with E-state index in [0.29, 0.717) is 24.8 Å². The first-order chi connectivity index (χ1) is 18.2. The summed E-state index contributed by atoms with van der Waals surface area (Å²) in [6.07, 6.45) is -10.8. The molecule has 1 aromatic heterocycles. The van der Waals surface area contributed by atoms with Crippen molar-refractivity contribution in [2.24, 2.45) is 0 Å². The predicted octanol–water partition coefficient (Wildman–Crippen LogP) is 6.17. The highest BCUT2D eigenvalue weighted by atomic mass is 32.2. The number of amides is 1. The van der Waals surface area contributed by atoms with Gasteiger partial charge in [0.05, 0.1) is 40.2 Å². The number of β-amino-alcohol motifs (C(OH)–C–C–N with tert-alkyl or cyclic N) is 1. The second-order valence-electron chi connectivity index (χ2n) is 10.9. The molecule has 0 bridgehead atoms. The monoisotopic (exact) mass is 594 g/mol. The van der Waals surface area contributed by atoms with E-state index in [2.05, 4.69) is 0 Å². The molecule has 40 heavy (non-hydrogen) atoms. The number of hydrogen-bond acceptors (Lipinski definition) is 5. The van der Waals surface area contributed by atoms with Crippen molar-refractivity contribution < 1.29 is 49.4 Å². The van der Waals surface area contributed by atoms with Gasteiger partial charge in [0.25, 0.3) is 0 Å². The lowest BCUT2D eigenvalue weighted by molar-refractivity contribution is -0.140. The van der Waals surface area contributed by atoms with Gasteiger partial charge in [0.2, 0.25) is 0 Å². The summed E-state index contributed by atoms with van der Waals surface area (Å²) >= 11 is 0. The lowest BCUT2D eigenvalue weighted by atomic mass is 10.1. The molecule has 4 rings (SSSR count). The maximum absolute atomic E-state index is 13.9. The van der Waals surface area contributed by atoms with Gasteiger partial charge in [-0.05, 0) is 63.9 Å². The third-order valence-corrected chi connectivity index (χ3v) is 7.84. The summed E-state index contributed by atoms with van der Waals surface area (Å²) in [4.78, 5) is 12.9. The normalized spacial score (nSPS) is 19.7. The van der Waals surface area contributed by atoms with Crippen LogP contribution in [0.15, 0.2) is 35.2 Å². The van der Waals surface area contributed by atoms with Crippen LogP contribution in [0, 0.1) is 0 Å². The lowest BCUT2D eigenvalue weighted by Gasteiger charge is -2.29. The second-order valence-corrected chi connectivity index (χ2v) is 12.9. The Bertz CT molecular complexity index is 1570. The molecule has 2 atom stereocenters. The zero-order valence-corrected chi connectivity index (χ0v) is 22.8. The van der Waals surface area contributed by atoms with Crippen LogP contribution in [-0.4, -0.2) is 60.1 Å². The van der Waals surface area contributed by atoms with E-state index < -0.39 is 62.1 Å². The molecule has 2 aromatic carbocycles. The number of carbonyl (C=O) groups excluding carboxylic acids is 1. The number of aliphatic hydroxyl groups is 1. The van der Waals surface area contributed by atoms with E-state index in [0.717, 1.165) is 18.2 Å². The van der Waals surface area contributed by atoms with Gasteiger partial charge in [0.1, 0.15) is 5.60 Å². The lowest BCUT2D eigenvalue weighted by Crippen LogP contribution is -2.41. The minimum Gasteiger partial charge on any atom is -0.444 e. The Hall–Kier alpha value is -3.00. The summed E-state index contributed by atoms with van der Waals surface area (Å²) in [5.41, 5.74) is -3.42. The topological polar surface area (TPSA) is 88.8 Å². The number of ether oxygens (including phenoxy) is 1. The summed E-state index contributed by atoms with van der Waals surface area (Å²) in [6, 6.07) is 3.01. The molecule has 0 spiro atoms. The number of rotatable bonds is 2. The average Bonchev–Trinajstić information content (AvgIpc) is 2.96. The minimum atomic E-state index is -5.11. The number of aromatic nitrogens is 1. The predicted molar refractivity (Wildman–Crippen MR) is 135 cm³/mol. The number of likely N-dealkylation sites (tertiary alicyclic amines) is 1. The number of alkyl halides is 6. The summed E-state index contributed by atoms with van der Waals surface area (Å²) in [5.74, 6) is 0. The highest BCUT2D eigenvalue weighted by Crippen LogP contribution is 2.43. The molecule has 14 heteroatoms. The Balaban J connectivity index is 1.97. The van der Waals surface area contributed by atoms with Crippen LogP contribution in [0.5, 0.6) is 0 Å². The van der Waals surface area contributed by atoms with Crippen molar-refractivity contribution in [2.45, 2.75) is 68.6 Å². The smallest absolute Gasteiger partial charge is 0.417 e. The van der Waals surface area contributed by atoms with Crippen molar-refractivity contribution in [1.29, 1.82) is 0 Å². The Morgan fingerprint density at radius 3 is 2.15 bits per heavy atom. The zero-order chi connectivity index (χ0) is 30.0. The van der Waals surface area contributed by atoms with E-state index in [4.69, 9.17) is 4.74 Å². The van der Waals surface area contributed by atoms with Crippen LogP contribution in [-0.2, 0) is 26.9 Å². The van der Waals surface area contributed by atoms with Crippen molar-refractivity contribution >= 4 is 37.7 Å². The fourth-order valence-electron chi connectivity index (χ4n) is 5.05. The van der Waals surface area contributed by atoms with Crippen molar-refractivity contribution in [2.75, 3.05) is 19.3 Å². The molecule has 1 fully saturated rings. The van der Waals surface area contributed by atoms with Gasteiger partial charge in [-0.25, -0.2) is 13.2 Å². The molecule has 1 saturated heterocycles. The molecular weight excluding hydrogens is 566 g/mol. The number of halogens is 6. The van der Waals surface area contributed by atoms with Crippen LogP contribution in [0.3, 0.4) is 0 Å². The van der Waals surface area contributed by atoms with Gasteiger partial charge < -0.3 is 19.3 Å². The highest BCUT2D eigenvalue weighted by Gasteiger charge is 2.39. The first-order valence-electron chi connectivity index (χ1n) is 12.3. The number of hydrogen-bond donors (Lipinski definition) is 1. The highest BCUT2D eigenvalue weighted by molar-refractivity contribution is 7.90. The molecule has 7 nitrogen and oxygen atoms in total. The molecular formula is C26H28F6N2O5S. The molecule has 1 aliphatic heterocycles. The van der Waals surface area contributed by atoms with E-state index in [1.54, 1.807) is 20.8 Å². The summed E-state index contributed by atoms with van der Waals surface area (Å²) < 4.78 is 114. The van der Waals surface area contributed by atoms with Gasteiger partial charge in [-0.15, -0.1) is 0 Å². The molecule has 1 N–H and O–H groups in total. The maximum atomic E-state index is 13.9. The summed E-state index contributed by atoms with van der Waals surface area (Å²) in [7, 11) is -4.43. The number of carbonyl (C=O) groups is 1. The summed E-state index contributed by atoms with van der Waals surface area (Å²) in [5, 5.41) is 10.8. The first kappa shape index (κ1) is 30.0. The fourth-order valence-corrected chi connectivity index (χ4v) is 5.95. The van der Waals surface area contributed by atoms with Crippen molar-refractivity contribution in [3.8, 4) is 0 Å². The zero-order valence-electron chi connectivity index (χ0n) is 22.0. The van der Waals surface area contributed by atoms with Crippen LogP contribution >= 0.6 is 0 Å². The van der Waals surface area contributed by atoms with Crippen LogP contribution in [0.4, 0.5) is 31.1 Å². The second kappa shape index (κ2) is 9.82. The fraction of sp³-hybridized carbons (Fsp3) is 0.500. The van der Waals surface area contributed by atoms with Gasteiger partial charge >= 0.3 is 18.4 Å². The molecule has 2 heterocycles. The van der Waals surface area contributed by atoms with E-state index in [1.807, 2.05) is 0 Å². The van der Waals surface area contributed by atoms with E-state index in [9.17, 15) is 44.7 Å². The molecule has 0 unspecified atom stereocenters. The van der Waals surface area contributed by atoms with E-state index in [1.165, 1.54) is 9.47 Å². The molecule has 1 amide bonds. The van der Waals surface area contributed by atoms with Crippen LogP contribution < -0.4 is 0 Å². The van der Waals surface area contributed by atoms with E-state index >= 15 is 0 Å². The molecule has 3 aromatic rings. The van der Waals surface area contributed by atoms with Crippen molar-refractivity contribution in [3.05, 3.63) is 41.5 Å². The van der Waals surface area contributed by atoms with Gasteiger partial charge in [-0.2, -0.15) is 26.3 Å². The molecule has 0 saturated carbocycles. The quantitative estimate of drug-likeness (QED) is 0.359. The third kappa shape index (κ3) is 5.87. The number of benzene rings is 2. The van der Waals surface area contributed by atoms with Crippen molar-refractivity contribution in [3.63, 3.8) is 0 Å². The first-order valence-corrected chi connectivity index (χ1v) is 14.2. The van der Waals surface area contributed by atoms with Crippen LogP contribution in [0.25, 0.3) is 21.8 Å². The Morgan fingerprint density at radius 2 is 1.60 bits per heavy atom. The van der Waals surface area contributed by atoms with Crippen LogP contribution in [0.2, 0.25) is 0 Å². The number of sulfone groups is 1. The van der Waals surface area contributed by atoms with Gasteiger partial charge in [-0.1, -0.05) is 0 Å². The minimum absolute atomic E-state index is 0.0801. The SMILES string of the molecule is CC(C)(C)OC(=O)N1CCC[C@@H](n2c3ccc(C(F)(F)F)cc3c3cc(C(F)(F)F)c(S(C)(=O)=O)cc32)[C@H](O)C1. The molecule has 220 valence electrons. The Labute approximate surface area is 226 Å². The average molecular weight is 595 g/mol. The number of fused-ring (bicyclic) bond motifs is 3. The van der Waals surface area contributed by atoms with Crippen LogP contribution in [0.1, 0.15) is 50.8 Å². The maximum Gasteiger partial charge on any atom is 0.417 e. The number of nitrogens with zero attached hydrogens (tertiary/aromatic N) is 2. The molecule has 0 aliphatic carbocycles. The largest absolute Gasteiger partial charge is 0.444 e. The number of aliphatic hydroxyl groups excluding tert-OH is 1. The molecule has 1 aliphatic rings. The third-order valence-electron chi connectivity index (χ3n) is 6.70. The van der Waals surface area contributed by atoms with E-state index in [-0.39, 0.29) is 41.3 Å². The van der Waals surface area contributed by atoms with Gasteiger partial charge in [0.15, 0.2) is 9.84 Å². The summed E-state index contributed by atoms with van der Waals surface area (Å²) in [6.45, 7) is 4.98. The Kier molecular flexibility index (Phi) is 7.36. The van der Waals surface area contributed by atoms with Gasteiger partial charge in [-0.3, -0.25) is 0 Å². The Morgan fingerprint density at radius 1 is 0.975 bits per heavy atom. The van der Waals surface area contributed by atoms with Crippen molar-refractivity contribution in [1.82, 2.24) is 9.47 Å². The standard InChI is InChI=1S/C26H28F6N2O5S/c1-24(2,3)39-23(36)33-9-5-6-19(21(35)13-33)34-18-8-7-14(25(27,28)29)10-15(18)16-11-17(26(30,31)32)22(12-20(16)34)40(4,37)38/h7-8,10-12,19,21,35H,5-6,9,13H2,1-4H3/t19-,21-/m1/s1.